The number of benzene rings is 1. The normalized spacial score (nSPS) is 22.9. The lowest BCUT2D eigenvalue weighted by molar-refractivity contribution is -0.134. The van der Waals surface area contributed by atoms with Crippen molar-refractivity contribution in [2.24, 2.45) is 5.92 Å². The van der Waals surface area contributed by atoms with E-state index in [-0.39, 0.29) is 17.3 Å². The summed E-state index contributed by atoms with van der Waals surface area (Å²) < 4.78 is 15.7. The number of likely N-dealkylation sites (tertiary alicyclic amines) is 1. The molecular weight excluding hydrogens is 395 g/mol. The Morgan fingerprint density at radius 1 is 1.16 bits per heavy atom. The Hall–Kier alpha value is -2.93. The smallest absolute Gasteiger partial charge is 0.250 e. The van der Waals surface area contributed by atoms with Gasteiger partial charge >= 0.3 is 0 Å². The SMILES string of the molecule is O=C(CN1C[C@H]2C[C@@H](C1)c1cccc(=O)n1C2)N1CCc2[nH]c3ccc(F)cc3c2C1. The first-order valence-electron chi connectivity index (χ1n) is 11.0. The van der Waals surface area contributed by atoms with E-state index in [0.29, 0.717) is 31.5 Å². The summed E-state index contributed by atoms with van der Waals surface area (Å²) in [5.74, 6) is 0.585. The molecule has 1 aromatic carbocycles. The van der Waals surface area contributed by atoms with Gasteiger partial charge in [0.25, 0.3) is 5.56 Å². The first-order valence-corrected chi connectivity index (χ1v) is 11.0. The van der Waals surface area contributed by atoms with E-state index < -0.39 is 0 Å². The second-order valence-corrected chi connectivity index (χ2v) is 9.23. The quantitative estimate of drug-likeness (QED) is 0.693. The van der Waals surface area contributed by atoms with E-state index in [0.717, 1.165) is 60.3 Å². The van der Waals surface area contributed by atoms with Crippen molar-refractivity contribution in [2.75, 3.05) is 26.2 Å². The molecule has 3 aromatic rings. The van der Waals surface area contributed by atoms with Gasteiger partial charge in [-0.1, -0.05) is 6.07 Å². The van der Waals surface area contributed by atoms with Gasteiger partial charge in [-0.05, 0) is 36.6 Å². The van der Waals surface area contributed by atoms with Crippen LogP contribution in [0.1, 0.15) is 29.3 Å². The molecule has 6 rings (SSSR count). The van der Waals surface area contributed by atoms with Gasteiger partial charge in [0, 0.05) is 79.0 Å². The first kappa shape index (κ1) is 18.8. The van der Waals surface area contributed by atoms with E-state index in [4.69, 9.17) is 0 Å². The zero-order valence-corrected chi connectivity index (χ0v) is 17.3. The van der Waals surface area contributed by atoms with E-state index >= 15 is 0 Å². The number of rotatable bonds is 2. The van der Waals surface area contributed by atoms with Crippen LogP contribution in [0.2, 0.25) is 0 Å². The molecule has 3 aliphatic heterocycles. The van der Waals surface area contributed by atoms with Crippen LogP contribution in [0.25, 0.3) is 10.9 Å². The number of aromatic amines is 1. The molecule has 1 amide bonds. The molecule has 1 saturated heterocycles. The summed E-state index contributed by atoms with van der Waals surface area (Å²) in [6.45, 7) is 4.00. The number of fused-ring (bicyclic) bond motifs is 7. The second-order valence-electron chi connectivity index (χ2n) is 9.23. The highest BCUT2D eigenvalue weighted by molar-refractivity contribution is 5.86. The van der Waals surface area contributed by atoms with Crippen LogP contribution in [-0.2, 0) is 24.3 Å². The van der Waals surface area contributed by atoms with Crippen molar-refractivity contribution < 1.29 is 9.18 Å². The van der Waals surface area contributed by atoms with Crippen LogP contribution >= 0.6 is 0 Å². The number of carbonyl (C=O) groups excluding carboxylic acids is 1. The fourth-order valence-electron chi connectivity index (χ4n) is 5.82. The van der Waals surface area contributed by atoms with Crippen LogP contribution < -0.4 is 5.56 Å². The van der Waals surface area contributed by atoms with Gasteiger partial charge in [0.2, 0.25) is 5.91 Å². The van der Waals surface area contributed by atoms with Crippen molar-refractivity contribution >= 4 is 16.8 Å². The van der Waals surface area contributed by atoms with Gasteiger partial charge in [-0.3, -0.25) is 14.5 Å². The van der Waals surface area contributed by atoms with Crippen molar-refractivity contribution in [3.05, 3.63) is 69.5 Å². The van der Waals surface area contributed by atoms with Gasteiger partial charge in [-0.15, -0.1) is 0 Å². The number of halogens is 1. The number of piperidine rings is 1. The van der Waals surface area contributed by atoms with Crippen molar-refractivity contribution in [1.82, 2.24) is 19.4 Å². The number of nitrogens with one attached hydrogen (secondary N) is 1. The van der Waals surface area contributed by atoms with Gasteiger partial charge in [0.15, 0.2) is 0 Å². The highest BCUT2D eigenvalue weighted by Gasteiger charge is 2.35. The van der Waals surface area contributed by atoms with Gasteiger partial charge in [0.1, 0.15) is 5.82 Å². The van der Waals surface area contributed by atoms with Gasteiger partial charge in [-0.25, -0.2) is 4.39 Å². The molecule has 31 heavy (non-hydrogen) atoms. The largest absolute Gasteiger partial charge is 0.358 e. The molecule has 2 bridgehead atoms. The molecule has 160 valence electrons. The predicted octanol–water partition coefficient (Wildman–Crippen LogP) is 2.47. The molecule has 0 saturated carbocycles. The van der Waals surface area contributed by atoms with Crippen LogP contribution in [0.5, 0.6) is 0 Å². The minimum absolute atomic E-state index is 0.0796. The molecule has 6 nitrogen and oxygen atoms in total. The third-order valence-corrected chi connectivity index (χ3v) is 7.20. The summed E-state index contributed by atoms with van der Waals surface area (Å²) in [5.41, 5.74) is 4.26. The third-order valence-electron chi connectivity index (χ3n) is 7.20. The molecule has 3 aliphatic rings. The van der Waals surface area contributed by atoms with E-state index in [1.54, 1.807) is 18.2 Å². The second kappa shape index (κ2) is 7.05. The van der Waals surface area contributed by atoms with Crippen LogP contribution in [0.15, 0.2) is 41.2 Å². The molecule has 2 aromatic heterocycles. The summed E-state index contributed by atoms with van der Waals surface area (Å²) in [4.78, 5) is 32.9. The van der Waals surface area contributed by atoms with E-state index in [1.807, 2.05) is 15.5 Å². The lowest BCUT2D eigenvalue weighted by Gasteiger charge is -2.43. The fourth-order valence-corrected chi connectivity index (χ4v) is 5.82. The molecule has 5 heterocycles. The van der Waals surface area contributed by atoms with E-state index in [9.17, 15) is 14.0 Å². The van der Waals surface area contributed by atoms with Gasteiger partial charge in [-0.2, -0.15) is 0 Å². The molecule has 7 heteroatoms. The zero-order chi connectivity index (χ0) is 21.1. The minimum atomic E-state index is -0.253. The molecule has 0 spiro atoms. The highest BCUT2D eigenvalue weighted by Crippen LogP contribution is 2.35. The summed E-state index contributed by atoms with van der Waals surface area (Å²) in [6, 6.07) is 10.3. The van der Waals surface area contributed by atoms with E-state index in [1.165, 1.54) is 6.07 Å². The minimum Gasteiger partial charge on any atom is -0.358 e. The third kappa shape index (κ3) is 3.19. The van der Waals surface area contributed by atoms with Gasteiger partial charge < -0.3 is 14.5 Å². The van der Waals surface area contributed by atoms with Gasteiger partial charge in [0.05, 0.1) is 6.54 Å². The summed E-state index contributed by atoms with van der Waals surface area (Å²) in [5, 5.41) is 0.877. The number of nitrogens with zero attached hydrogens (tertiary/aromatic N) is 3. The maximum absolute atomic E-state index is 13.8. The molecule has 0 radical (unpaired) electrons. The average molecular weight is 420 g/mol. The number of pyridine rings is 1. The Morgan fingerprint density at radius 3 is 2.97 bits per heavy atom. The Balaban J connectivity index is 1.18. The maximum atomic E-state index is 13.8. The lowest BCUT2D eigenvalue weighted by Crippen LogP contribution is -2.50. The van der Waals surface area contributed by atoms with Crippen molar-refractivity contribution in [1.29, 1.82) is 0 Å². The number of amides is 1. The molecule has 2 atom stereocenters. The van der Waals surface area contributed by atoms with Crippen LogP contribution in [-0.4, -0.2) is 51.4 Å². The number of hydrogen-bond donors (Lipinski definition) is 1. The van der Waals surface area contributed by atoms with Crippen molar-refractivity contribution in [2.45, 2.75) is 31.8 Å². The number of aromatic nitrogens is 2. The molecule has 1 fully saturated rings. The molecular formula is C24H25FN4O2. The molecule has 0 aliphatic carbocycles. The van der Waals surface area contributed by atoms with Crippen LogP contribution in [0, 0.1) is 11.7 Å². The summed E-state index contributed by atoms with van der Waals surface area (Å²) in [6.07, 6.45) is 1.85. The maximum Gasteiger partial charge on any atom is 0.250 e. The Labute approximate surface area is 179 Å². The Kier molecular flexibility index (Phi) is 4.28. The van der Waals surface area contributed by atoms with E-state index in [2.05, 4.69) is 16.0 Å². The topological polar surface area (TPSA) is 61.3 Å². The number of carbonyl (C=O) groups is 1. The molecule has 0 unspecified atom stereocenters. The Morgan fingerprint density at radius 2 is 2.06 bits per heavy atom. The monoisotopic (exact) mass is 420 g/mol. The first-order chi connectivity index (χ1) is 15.0. The summed E-state index contributed by atoms with van der Waals surface area (Å²) in [7, 11) is 0. The number of H-pyrrole nitrogens is 1. The van der Waals surface area contributed by atoms with Crippen LogP contribution in [0.3, 0.4) is 0 Å². The lowest BCUT2D eigenvalue weighted by atomic mass is 9.83. The predicted molar refractivity (Wildman–Crippen MR) is 115 cm³/mol. The molecule has 1 N–H and O–H groups in total. The van der Waals surface area contributed by atoms with Crippen LogP contribution in [0.4, 0.5) is 4.39 Å². The van der Waals surface area contributed by atoms with Crippen molar-refractivity contribution in [3.63, 3.8) is 0 Å². The average Bonchev–Trinajstić information content (AvgIpc) is 3.11. The number of hydrogen-bond acceptors (Lipinski definition) is 3. The fraction of sp³-hybridized carbons (Fsp3) is 0.417. The highest BCUT2D eigenvalue weighted by atomic mass is 19.1. The Bertz CT molecular complexity index is 1250. The zero-order valence-electron chi connectivity index (χ0n) is 17.3. The van der Waals surface area contributed by atoms with Crippen molar-refractivity contribution in [3.8, 4) is 0 Å². The summed E-state index contributed by atoms with van der Waals surface area (Å²) >= 11 is 0. The standard InChI is InChI=1S/C24H25FN4O2/c25-17-4-5-20-18(9-17)19-13-28(7-6-21(19)26-20)24(31)14-27-10-15-8-16(12-27)22-2-1-3-23(30)29(22)11-15/h1-5,9,15-16,26H,6-8,10-14H2/t15-,16+/m1/s1.